The van der Waals surface area contributed by atoms with Crippen molar-refractivity contribution in [2.24, 2.45) is 0 Å². The summed E-state index contributed by atoms with van der Waals surface area (Å²) in [4.78, 5) is 2.35. The van der Waals surface area contributed by atoms with Crippen LogP contribution in [0.3, 0.4) is 0 Å². The molecule has 1 aromatic heterocycles. The summed E-state index contributed by atoms with van der Waals surface area (Å²) < 4.78 is 14.3. The molecule has 158 valence electrons. The fraction of sp³-hybridized carbons (Fsp3) is 0.280. The Morgan fingerprint density at radius 2 is 1.90 bits per heavy atom. The first kappa shape index (κ1) is 21.1. The van der Waals surface area contributed by atoms with E-state index in [1.807, 2.05) is 48.5 Å². The van der Waals surface area contributed by atoms with Gasteiger partial charge in [-0.25, -0.2) is 8.18 Å². The van der Waals surface area contributed by atoms with Crippen molar-refractivity contribution in [3.63, 3.8) is 0 Å². The zero-order chi connectivity index (χ0) is 21.6. The number of likely N-dealkylation sites (tertiary alicyclic amines) is 1. The molecule has 31 heavy (non-hydrogen) atoms. The highest BCUT2D eigenvalue weighted by atomic mass is 32.2. The minimum atomic E-state index is -1.62. The number of benzene rings is 2. The molecule has 2 aromatic carbocycles. The molecule has 1 aliphatic rings. The summed E-state index contributed by atoms with van der Waals surface area (Å²) in [6, 6.07) is 18.3. The van der Waals surface area contributed by atoms with E-state index in [9.17, 15) is 4.21 Å². The van der Waals surface area contributed by atoms with Crippen molar-refractivity contribution in [3.8, 4) is 23.5 Å². The van der Waals surface area contributed by atoms with Gasteiger partial charge in [-0.1, -0.05) is 30.2 Å². The highest BCUT2D eigenvalue weighted by Crippen LogP contribution is 2.29. The molecule has 5 nitrogen and oxygen atoms in total. The molecule has 3 aromatic rings. The van der Waals surface area contributed by atoms with Gasteiger partial charge >= 0.3 is 0 Å². The molecule has 0 spiro atoms. The molecule has 4 rings (SSSR count). The fourth-order valence-corrected chi connectivity index (χ4v) is 4.58. The minimum Gasteiger partial charge on any atom is -0.382 e. The predicted molar refractivity (Wildman–Crippen MR) is 130 cm³/mol. The Morgan fingerprint density at radius 1 is 1.13 bits per heavy atom. The molecule has 2 N–H and O–H groups in total. The molecule has 0 aliphatic carbocycles. The van der Waals surface area contributed by atoms with Crippen molar-refractivity contribution in [3.05, 3.63) is 60.3 Å². The molecule has 1 saturated heterocycles. The molecule has 0 amide bonds. The maximum Gasteiger partial charge on any atom is 0.204 e. The van der Waals surface area contributed by atoms with E-state index in [2.05, 4.69) is 45.7 Å². The van der Waals surface area contributed by atoms with Crippen LogP contribution in [0.5, 0.6) is 0 Å². The number of aromatic nitrogens is 1. The van der Waals surface area contributed by atoms with E-state index in [4.69, 9.17) is 6.42 Å². The van der Waals surface area contributed by atoms with Crippen LogP contribution in [0.4, 0.5) is 11.4 Å². The number of rotatable bonds is 5. The summed E-state index contributed by atoms with van der Waals surface area (Å²) in [5.41, 5.74) is 3.52. The van der Waals surface area contributed by atoms with Crippen LogP contribution in [-0.2, 0) is 11.0 Å². The van der Waals surface area contributed by atoms with Gasteiger partial charge in [0.2, 0.25) is 11.0 Å². The van der Waals surface area contributed by atoms with Crippen molar-refractivity contribution < 1.29 is 4.21 Å². The second-order valence-electron chi connectivity index (χ2n) is 7.67. The Bertz CT molecular complexity index is 1180. The topological polar surface area (TPSA) is 49.3 Å². The summed E-state index contributed by atoms with van der Waals surface area (Å²) in [6.07, 6.45) is 7.70. The van der Waals surface area contributed by atoms with Gasteiger partial charge in [0.25, 0.3) is 0 Å². The number of hydrogen-bond donors (Lipinski definition) is 2. The quantitative estimate of drug-likeness (QED) is 0.606. The lowest BCUT2D eigenvalue weighted by Gasteiger charge is -2.30. The summed E-state index contributed by atoms with van der Waals surface area (Å²) in [6.45, 7) is 2.65. The van der Waals surface area contributed by atoms with Crippen molar-refractivity contribution in [1.29, 1.82) is 0 Å². The number of hydrogen-bond acceptors (Lipinski definition) is 4. The second kappa shape index (κ2) is 9.75. The standard InChI is InChI=1S/C25H26N4OS/c1-3-31(30)29-22(11-8-16-26-20-9-5-4-6-10-20)19-23-24(12-7-13-25(23)29)27-21-14-17-28(2)18-15-21/h1,4-7,9-10,12-13,19,21,26-27H,14-18H2,2H3. The summed E-state index contributed by atoms with van der Waals surface area (Å²) in [7, 11) is 0.537. The van der Waals surface area contributed by atoms with E-state index in [-0.39, 0.29) is 0 Å². The Morgan fingerprint density at radius 3 is 2.65 bits per heavy atom. The van der Waals surface area contributed by atoms with Gasteiger partial charge in [0.1, 0.15) is 5.69 Å². The predicted octanol–water partition coefficient (Wildman–Crippen LogP) is 3.71. The number of anilines is 2. The van der Waals surface area contributed by atoms with Crippen LogP contribution in [0.15, 0.2) is 54.6 Å². The molecule has 1 unspecified atom stereocenters. The SMILES string of the molecule is C#CS(=O)n1c(C#CCNc2ccccc2)cc2c(NC3CCN(C)CC3)cccc21. The van der Waals surface area contributed by atoms with E-state index < -0.39 is 11.0 Å². The van der Waals surface area contributed by atoms with Crippen molar-refractivity contribution in [1.82, 2.24) is 8.87 Å². The minimum absolute atomic E-state index is 0.424. The van der Waals surface area contributed by atoms with Gasteiger partial charge in [0, 0.05) is 28.1 Å². The third kappa shape index (κ3) is 4.94. The number of fused-ring (bicyclic) bond motifs is 1. The van der Waals surface area contributed by atoms with Crippen molar-refractivity contribution in [2.45, 2.75) is 18.9 Å². The maximum atomic E-state index is 12.6. The van der Waals surface area contributed by atoms with Crippen molar-refractivity contribution >= 4 is 33.3 Å². The first-order valence-electron chi connectivity index (χ1n) is 10.4. The van der Waals surface area contributed by atoms with Gasteiger partial charge < -0.3 is 15.5 Å². The van der Waals surface area contributed by atoms with Gasteiger partial charge in [0.15, 0.2) is 0 Å². The zero-order valence-electron chi connectivity index (χ0n) is 17.6. The van der Waals surface area contributed by atoms with Gasteiger partial charge in [0.05, 0.1) is 12.1 Å². The van der Waals surface area contributed by atoms with Gasteiger partial charge in [-0.05, 0) is 69.2 Å². The van der Waals surface area contributed by atoms with Crippen LogP contribution in [-0.4, -0.2) is 45.8 Å². The highest BCUT2D eigenvalue weighted by Gasteiger charge is 2.19. The number of nitrogens with one attached hydrogen (secondary N) is 2. The van der Waals surface area contributed by atoms with E-state index in [0.717, 1.165) is 48.2 Å². The van der Waals surface area contributed by atoms with Crippen LogP contribution in [0.25, 0.3) is 10.9 Å². The van der Waals surface area contributed by atoms with Crippen molar-refractivity contribution in [2.75, 3.05) is 37.3 Å². The van der Waals surface area contributed by atoms with Crippen LogP contribution >= 0.6 is 0 Å². The highest BCUT2D eigenvalue weighted by molar-refractivity contribution is 7.88. The Balaban J connectivity index is 1.61. The summed E-state index contributed by atoms with van der Waals surface area (Å²) in [5, 5.41) is 10.3. The third-order valence-electron chi connectivity index (χ3n) is 5.52. The molecular formula is C25H26N4OS. The average Bonchev–Trinajstić information content (AvgIpc) is 3.18. The summed E-state index contributed by atoms with van der Waals surface area (Å²) in [5.74, 6) is 6.28. The number of piperidine rings is 1. The lowest BCUT2D eigenvalue weighted by molar-refractivity contribution is 0.264. The first-order chi connectivity index (χ1) is 15.2. The molecule has 1 fully saturated rings. The lowest BCUT2D eigenvalue weighted by atomic mass is 10.0. The van der Waals surface area contributed by atoms with E-state index in [1.54, 1.807) is 3.97 Å². The fourth-order valence-electron chi connectivity index (χ4n) is 3.86. The normalized spacial score (nSPS) is 15.6. The lowest BCUT2D eigenvalue weighted by Crippen LogP contribution is -2.36. The van der Waals surface area contributed by atoms with Crippen LogP contribution in [0.2, 0.25) is 0 Å². The molecule has 1 aliphatic heterocycles. The monoisotopic (exact) mass is 430 g/mol. The first-order valence-corrected chi connectivity index (χ1v) is 11.5. The molecular weight excluding hydrogens is 404 g/mol. The Labute approximate surface area is 186 Å². The molecule has 2 heterocycles. The smallest absolute Gasteiger partial charge is 0.204 e. The van der Waals surface area contributed by atoms with Crippen LogP contribution in [0.1, 0.15) is 18.5 Å². The molecule has 0 radical (unpaired) electrons. The number of para-hydroxylation sites is 1. The third-order valence-corrected chi connectivity index (χ3v) is 6.44. The number of nitrogens with zero attached hydrogens (tertiary/aromatic N) is 2. The van der Waals surface area contributed by atoms with E-state index >= 15 is 0 Å². The molecule has 0 bridgehead atoms. The average molecular weight is 431 g/mol. The van der Waals surface area contributed by atoms with Gasteiger partial charge in [-0.15, -0.1) is 6.42 Å². The van der Waals surface area contributed by atoms with Gasteiger partial charge in [-0.2, -0.15) is 0 Å². The van der Waals surface area contributed by atoms with Crippen LogP contribution in [0, 0.1) is 23.5 Å². The summed E-state index contributed by atoms with van der Waals surface area (Å²) >= 11 is 0. The molecule has 1 atom stereocenters. The van der Waals surface area contributed by atoms with Crippen LogP contribution < -0.4 is 10.6 Å². The largest absolute Gasteiger partial charge is 0.382 e. The van der Waals surface area contributed by atoms with E-state index in [1.165, 1.54) is 0 Å². The van der Waals surface area contributed by atoms with E-state index in [0.29, 0.717) is 18.3 Å². The Kier molecular flexibility index (Phi) is 6.62. The molecule has 6 heteroatoms. The molecule has 0 saturated carbocycles. The van der Waals surface area contributed by atoms with Gasteiger partial charge in [-0.3, -0.25) is 0 Å². The number of terminal acetylenes is 1. The Hall–Kier alpha value is -3.19. The maximum absolute atomic E-state index is 12.6. The second-order valence-corrected chi connectivity index (χ2v) is 8.77. The zero-order valence-corrected chi connectivity index (χ0v) is 18.4.